The smallest absolute Gasteiger partial charge is 0.256 e. The molecule has 1 aliphatic rings. The summed E-state index contributed by atoms with van der Waals surface area (Å²) in [6.45, 7) is 6.81. The number of nitrogens with one attached hydrogen (secondary N) is 2. The lowest BCUT2D eigenvalue weighted by Gasteiger charge is -2.21. The minimum absolute atomic E-state index is 0.0475. The molecule has 1 aromatic rings. The van der Waals surface area contributed by atoms with Crippen molar-refractivity contribution in [1.29, 1.82) is 0 Å². The fraction of sp³-hybridized carbons (Fsp3) is 0.571. The summed E-state index contributed by atoms with van der Waals surface area (Å²) in [7, 11) is 0. The Bertz CT molecular complexity index is 504. The quantitative estimate of drug-likeness (QED) is 0.848. The van der Waals surface area contributed by atoms with E-state index >= 15 is 0 Å². The van der Waals surface area contributed by atoms with Crippen LogP contribution in [-0.2, 0) is 0 Å². The van der Waals surface area contributed by atoms with Gasteiger partial charge in [-0.25, -0.2) is 0 Å². The van der Waals surface area contributed by atoms with E-state index in [9.17, 15) is 9.59 Å². The van der Waals surface area contributed by atoms with E-state index < -0.39 is 0 Å². The van der Waals surface area contributed by atoms with Gasteiger partial charge < -0.3 is 15.2 Å². The minimum Gasteiger partial charge on any atom is -0.364 e. The molecule has 0 radical (unpaired) electrons. The molecule has 104 valence electrons. The second-order valence-electron chi connectivity index (χ2n) is 5.28. The lowest BCUT2D eigenvalue weighted by molar-refractivity contribution is 0.0930. The largest absolute Gasteiger partial charge is 0.364 e. The van der Waals surface area contributed by atoms with E-state index in [2.05, 4.69) is 15.2 Å². The SMILES string of the molecule is Cc1cc(=O)c(C(=O)NC(C)CN2CCCC2)c[nH]1. The van der Waals surface area contributed by atoms with E-state index in [-0.39, 0.29) is 22.9 Å². The topological polar surface area (TPSA) is 65.2 Å². The van der Waals surface area contributed by atoms with Gasteiger partial charge in [-0.2, -0.15) is 0 Å². The molecular formula is C14H21N3O2. The number of H-pyrrole nitrogens is 1. The summed E-state index contributed by atoms with van der Waals surface area (Å²) >= 11 is 0. The fourth-order valence-corrected chi connectivity index (χ4v) is 2.45. The predicted molar refractivity (Wildman–Crippen MR) is 74.4 cm³/mol. The number of carbonyl (C=O) groups is 1. The number of hydrogen-bond donors (Lipinski definition) is 2. The molecule has 19 heavy (non-hydrogen) atoms. The standard InChI is InChI=1S/C14H21N3O2/c1-10-7-13(18)12(8-15-10)14(19)16-11(2)9-17-5-3-4-6-17/h7-8,11H,3-6,9H2,1-2H3,(H,15,18)(H,16,19). The third-order valence-electron chi connectivity index (χ3n) is 3.41. The van der Waals surface area contributed by atoms with Gasteiger partial charge in [0.1, 0.15) is 5.56 Å². The molecule has 2 rings (SSSR count). The van der Waals surface area contributed by atoms with Crippen LogP contribution in [0.25, 0.3) is 0 Å². The highest BCUT2D eigenvalue weighted by molar-refractivity contribution is 5.93. The molecule has 1 atom stereocenters. The lowest BCUT2D eigenvalue weighted by Crippen LogP contribution is -2.42. The van der Waals surface area contributed by atoms with Gasteiger partial charge >= 0.3 is 0 Å². The monoisotopic (exact) mass is 263 g/mol. The van der Waals surface area contributed by atoms with Gasteiger partial charge in [0.2, 0.25) is 0 Å². The zero-order valence-electron chi connectivity index (χ0n) is 11.5. The van der Waals surface area contributed by atoms with Crippen molar-refractivity contribution in [3.63, 3.8) is 0 Å². The second kappa shape index (κ2) is 6.02. The summed E-state index contributed by atoms with van der Waals surface area (Å²) in [6, 6.07) is 1.49. The molecule has 1 fully saturated rings. The highest BCUT2D eigenvalue weighted by Crippen LogP contribution is 2.07. The Morgan fingerprint density at radius 1 is 1.47 bits per heavy atom. The Hall–Kier alpha value is -1.62. The number of aryl methyl sites for hydroxylation is 1. The predicted octanol–water partition coefficient (Wildman–Crippen LogP) is 0.897. The third kappa shape index (κ3) is 3.67. The minimum atomic E-state index is -0.298. The Morgan fingerprint density at radius 3 is 2.79 bits per heavy atom. The van der Waals surface area contributed by atoms with Gasteiger partial charge in [-0.05, 0) is 39.8 Å². The average Bonchev–Trinajstić information content (AvgIpc) is 2.81. The van der Waals surface area contributed by atoms with Crippen LogP contribution in [0.3, 0.4) is 0 Å². The van der Waals surface area contributed by atoms with Gasteiger partial charge in [0.25, 0.3) is 5.91 Å². The molecule has 5 heteroatoms. The number of aromatic nitrogens is 1. The zero-order chi connectivity index (χ0) is 13.8. The molecule has 2 N–H and O–H groups in total. The maximum absolute atomic E-state index is 12.0. The summed E-state index contributed by atoms with van der Waals surface area (Å²) in [6.07, 6.45) is 3.95. The van der Waals surface area contributed by atoms with Crippen molar-refractivity contribution in [2.24, 2.45) is 0 Å². The summed E-state index contributed by atoms with van der Waals surface area (Å²) < 4.78 is 0. The second-order valence-corrected chi connectivity index (χ2v) is 5.28. The van der Waals surface area contributed by atoms with Crippen LogP contribution in [-0.4, -0.2) is 41.5 Å². The maximum Gasteiger partial charge on any atom is 0.256 e. The van der Waals surface area contributed by atoms with E-state index in [0.29, 0.717) is 0 Å². The Morgan fingerprint density at radius 2 is 2.16 bits per heavy atom. The first kappa shape index (κ1) is 13.8. The first-order valence-corrected chi connectivity index (χ1v) is 6.79. The summed E-state index contributed by atoms with van der Waals surface area (Å²) in [5.41, 5.74) is 0.702. The van der Waals surface area contributed by atoms with Crippen molar-refractivity contribution in [2.75, 3.05) is 19.6 Å². The molecule has 0 saturated carbocycles. The van der Waals surface area contributed by atoms with Crippen LogP contribution in [0.2, 0.25) is 0 Å². The Balaban J connectivity index is 1.94. The molecule has 1 saturated heterocycles. The number of carbonyl (C=O) groups excluding carboxylic acids is 1. The Kier molecular flexibility index (Phi) is 4.37. The molecule has 1 aromatic heterocycles. The van der Waals surface area contributed by atoms with Crippen LogP contribution in [0.15, 0.2) is 17.1 Å². The molecule has 0 aromatic carbocycles. The van der Waals surface area contributed by atoms with Gasteiger partial charge in [-0.3, -0.25) is 9.59 Å². The van der Waals surface area contributed by atoms with Crippen molar-refractivity contribution in [3.8, 4) is 0 Å². The molecule has 1 amide bonds. The number of aromatic amines is 1. The molecule has 0 bridgehead atoms. The van der Waals surface area contributed by atoms with Crippen molar-refractivity contribution in [1.82, 2.24) is 15.2 Å². The van der Waals surface area contributed by atoms with Crippen LogP contribution in [0, 0.1) is 6.92 Å². The number of amides is 1. The maximum atomic E-state index is 12.0. The van der Waals surface area contributed by atoms with Crippen LogP contribution in [0.5, 0.6) is 0 Å². The van der Waals surface area contributed by atoms with Crippen molar-refractivity contribution >= 4 is 5.91 Å². The van der Waals surface area contributed by atoms with Crippen molar-refractivity contribution in [2.45, 2.75) is 32.7 Å². The Labute approximate surface area is 113 Å². The van der Waals surface area contributed by atoms with E-state index in [1.165, 1.54) is 25.1 Å². The van der Waals surface area contributed by atoms with Gasteiger partial charge in [-0.15, -0.1) is 0 Å². The number of pyridine rings is 1. The van der Waals surface area contributed by atoms with E-state index in [1.807, 2.05) is 6.92 Å². The van der Waals surface area contributed by atoms with Gasteiger partial charge in [-0.1, -0.05) is 0 Å². The van der Waals surface area contributed by atoms with Crippen LogP contribution in [0.1, 0.15) is 35.8 Å². The summed E-state index contributed by atoms with van der Waals surface area (Å²) in [5.74, 6) is -0.298. The van der Waals surface area contributed by atoms with Gasteiger partial charge in [0, 0.05) is 30.5 Å². The molecule has 1 aliphatic heterocycles. The third-order valence-corrected chi connectivity index (χ3v) is 3.41. The lowest BCUT2D eigenvalue weighted by atomic mass is 10.2. The molecular weight excluding hydrogens is 242 g/mol. The number of rotatable bonds is 4. The van der Waals surface area contributed by atoms with Crippen molar-refractivity contribution in [3.05, 3.63) is 33.7 Å². The number of hydrogen-bond acceptors (Lipinski definition) is 3. The van der Waals surface area contributed by atoms with Crippen LogP contribution >= 0.6 is 0 Å². The molecule has 5 nitrogen and oxygen atoms in total. The highest BCUT2D eigenvalue weighted by atomic mass is 16.2. The zero-order valence-corrected chi connectivity index (χ0v) is 11.5. The van der Waals surface area contributed by atoms with Gasteiger partial charge in [0.15, 0.2) is 5.43 Å². The number of nitrogens with zero attached hydrogens (tertiary/aromatic N) is 1. The first-order chi connectivity index (χ1) is 9.06. The number of likely N-dealkylation sites (tertiary alicyclic amines) is 1. The van der Waals surface area contributed by atoms with E-state index in [0.717, 1.165) is 25.3 Å². The van der Waals surface area contributed by atoms with Gasteiger partial charge in [0.05, 0.1) is 0 Å². The van der Waals surface area contributed by atoms with Crippen LogP contribution in [0.4, 0.5) is 0 Å². The summed E-state index contributed by atoms with van der Waals surface area (Å²) in [4.78, 5) is 29.0. The molecule has 2 heterocycles. The van der Waals surface area contributed by atoms with Crippen molar-refractivity contribution < 1.29 is 4.79 Å². The first-order valence-electron chi connectivity index (χ1n) is 6.79. The van der Waals surface area contributed by atoms with Crippen LogP contribution < -0.4 is 10.7 Å². The van der Waals surface area contributed by atoms with E-state index in [1.54, 1.807) is 6.92 Å². The normalized spacial score (nSPS) is 17.4. The average molecular weight is 263 g/mol. The molecule has 0 aliphatic carbocycles. The molecule has 0 spiro atoms. The highest BCUT2D eigenvalue weighted by Gasteiger charge is 2.17. The molecule has 1 unspecified atom stereocenters. The van der Waals surface area contributed by atoms with E-state index in [4.69, 9.17) is 0 Å². The fourth-order valence-electron chi connectivity index (χ4n) is 2.45. The summed E-state index contributed by atoms with van der Waals surface area (Å²) in [5, 5.41) is 2.88.